The molecule has 0 saturated heterocycles. The Morgan fingerprint density at radius 1 is 1.15 bits per heavy atom. The Kier molecular flexibility index (Phi) is 5.48. The summed E-state index contributed by atoms with van der Waals surface area (Å²) in [5.74, 6) is 1.47. The summed E-state index contributed by atoms with van der Waals surface area (Å²) in [6.07, 6.45) is 10.2. The van der Waals surface area contributed by atoms with Gasteiger partial charge in [0.15, 0.2) is 0 Å². The molecule has 0 atom stereocenters. The summed E-state index contributed by atoms with van der Waals surface area (Å²) in [5, 5.41) is 0. The van der Waals surface area contributed by atoms with E-state index in [1.807, 2.05) is 6.20 Å². The van der Waals surface area contributed by atoms with Crippen LogP contribution in [-0.4, -0.2) is 39.1 Å². The Morgan fingerprint density at radius 2 is 1.94 bits per heavy atom. The Hall–Kier alpha value is -3.13. The van der Waals surface area contributed by atoms with Crippen molar-refractivity contribution in [3.63, 3.8) is 0 Å². The number of hydrogen-bond acceptors (Lipinski definition) is 7. The Labute approximate surface area is 194 Å². The number of nitrogens with two attached hydrogens (primary N) is 2. The molecule has 0 radical (unpaired) electrons. The van der Waals surface area contributed by atoms with E-state index in [9.17, 15) is 0 Å². The largest absolute Gasteiger partial charge is 0.488 e. The van der Waals surface area contributed by atoms with Crippen molar-refractivity contribution in [2.45, 2.75) is 70.1 Å². The lowest BCUT2D eigenvalue weighted by Crippen LogP contribution is -2.33. The molecule has 1 saturated carbocycles. The molecule has 2 aliphatic carbocycles. The summed E-state index contributed by atoms with van der Waals surface area (Å²) in [7, 11) is 2.10. The fourth-order valence-corrected chi connectivity index (χ4v) is 5.42. The zero-order valence-electron chi connectivity index (χ0n) is 19.6. The molecule has 1 fully saturated rings. The number of fused-ring (bicyclic) bond motifs is 3. The smallest absolute Gasteiger partial charge is 0.143 e. The second-order valence-electron chi connectivity index (χ2n) is 10.1. The van der Waals surface area contributed by atoms with E-state index >= 15 is 0 Å². The number of aromatic amines is 1. The number of rotatable bonds is 5. The van der Waals surface area contributed by atoms with Crippen LogP contribution in [0.15, 0.2) is 31.0 Å². The van der Waals surface area contributed by atoms with Gasteiger partial charge in [-0.1, -0.05) is 13.8 Å². The molecule has 0 bridgehead atoms. The van der Waals surface area contributed by atoms with Gasteiger partial charge in [-0.05, 0) is 55.2 Å². The minimum Gasteiger partial charge on any atom is -0.488 e. The number of anilines is 2. The molecule has 5 N–H and O–H groups in total. The maximum Gasteiger partial charge on any atom is 0.143 e. The summed E-state index contributed by atoms with van der Waals surface area (Å²) in [4.78, 5) is 18.7. The number of nitrogen functional groups attached to an aromatic ring is 1. The van der Waals surface area contributed by atoms with E-state index < -0.39 is 0 Å². The van der Waals surface area contributed by atoms with Gasteiger partial charge in [0.25, 0.3) is 0 Å². The van der Waals surface area contributed by atoms with Crippen molar-refractivity contribution in [2.75, 3.05) is 17.7 Å². The molecule has 3 aromatic rings. The van der Waals surface area contributed by atoms with Crippen LogP contribution >= 0.6 is 0 Å². The SMILES string of the molecule is CN(Cc1c[nH]cn1)c1c(OC2CCC(N)CC2)ccc2c1CC(C)(C)c1c(N)ncnc1-2. The number of aromatic nitrogens is 4. The molecule has 5 rings (SSSR count). The lowest BCUT2D eigenvalue weighted by molar-refractivity contribution is 0.147. The zero-order valence-corrected chi connectivity index (χ0v) is 19.6. The second-order valence-corrected chi connectivity index (χ2v) is 10.1. The van der Waals surface area contributed by atoms with E-state index in [0.717, 1.165) is 66.1 Å². The standard InChI is InChI=1S/C25H33N7O/c1-25(2)10-19-18(22-21(25)24(27)31-14-30-22)8-9-20(33-17-6-4-15(26)5-7-17)23(19)32(3)12-16-11-28-13-29-16/h8-9,11,13-15,17H,4-7,10,12,26H2,1-3H3,(H,28,29)(H2,27,30,31). The first-order valence-corrected chi connectivity index (χ1v) is 11.7. The van der Waals surface area contributed by atoms with Crippen molar-refractivity contribution >= 4 is 11.5 Å². The quantitative estimate of drug-likeness (QED) is 0.547. The third kappa shape index (κ3) is 4.04. The third-order valence-electron chi connectivity index (χ3n) is 7.02. The Balaban J connectivity index is 1.61. The first-order chi connectivity index (χ1) is 15.8. The number of benzene rings is 1. The lowest BCUT2D eigenvalue weighted by atomic mass is 9.71. The van der Waals surface area contributed by atoms with Crippen molar-refractivity contribution in [2.24, 2.45) is 5.73 Å². The van der Waals surface area contributed by atoms with Crippen LogP contribution in [0.1, 0.15) is 56.4 Å². The average Bonchev–Trinajstić information content (AvgIpc) is 3.27. The third-order valence-corrected chi connectivity index (χ3v) is 7.02. The zero-order chi connectivity index (χ0) is 23.2. The molecular formula is C25H33N7O. The maximum atomic E-state index is 6.64. The molecule has 8 nitrogen and oxygen atoms in total. The van der Waals surface area contributed by atoms with Crippen LogP contribution in [0, 0.1) is 0 Å². The van der Waals surface area contributed by atoms with E-state index in [0.29, 0.717) is 12.4 Å². The van der Waals surface area contributed by atoms with E-state index in [2.05, 4.69) is 57.9 Å². The highest BCUT2D eigenvalue weighted by molar-refractivity contribution is 5.83. The van der Waals surface area contributed by atoms with Gasteiger partial charge in [0.2, 0.25) is 0 Å². The van der Waals surface area contributed by atoms with Crippen molar-refractivity contribution in [1.82, 2.24) is 19.9 Å². The predicted molar refractivity (Wildman–Crippen MR) is 130 cm³/mol. The van der Waals surface area contributed by atoms with Crippen molar-refractivity contribution in [1.29, 1.82) is 0 Å². The lowest BCUT2D eigenvalue weighted by Gasteiger charge is -2.37. The van der Waals surface area contributed by atoms with E-state index in [-0.39, 0.29) is 17.6 Å². The van der Waals surface area contributed by atoms with E-state index in [1.54, 1.807) is 12.7 Å². The van der Waals surface area contributed by atoms with Crippen LogP contribution in [-0.2, 0) is 18.4 Å². The van der Waals surface area contributed by atoms with Gasteiger partial charge in [0.1, 0.15) is 17.9 Å². The molecule has 1 aromatic carbocycles. The number of nitrogens with one attached hydrogen (secondary N) is 1. The monoisotopic (exact) mass is 447 g/mol. The van der Waals surface area contributed by atoms with Crippen LogP contribution in [0.4, 0.5) is 11.5 Å². The van der Waals surface area contributed by atoms with Crippen molar-refractivity contribution in [3.8, 4) is 17.0 Å². The summed E-state index contributed by atoms with van der Waals surface area (Å²) in [6, 6.07) is 4.51. The van der Waals surface area contributed by atoms with Gasteiger partial charge in [-0.15, -0.1) is 0 Å². The fourth-order valence-electron chi connectivity index (χ4n) is 5.42. The van der Waals surface area contributed by atoms with Gasteiger partial charge in [-0.3, -0.25) is 0 Å². The molecule has 0 spiro atoms. The predicted octanol–water partition coefficient (Wildman–Crippen LogP) is 3.57. The second kappa shape index (κ2) is 8.33. The van der Waals surface area contributed by atoms with Crippen LogP contribution in [0.3, 0.4) is 0 Å². The highest BCUT2D eigenvalue weighted by Crippen LogP contribution is 2.49. The number of hydrogen-bond donors (Lipinski definition) is 3. The van der Waals surface area contributed by atoms with Gasteiger partial charge in [0.05, 0.1) is 36.1 Å². The number of nitrogens with zero attached hydrogens (tertiary/aromatic N) is 4. The van der Waals surface area contributed by atoms with Crippen molar-refractivity contribution < 1.29 is 4.74 Å². The molecule has 2 aromatic heterocycles. The minimum atomic E-state index is -0.203. The molecule has 2 aliphatic rings. The van der Waals surface area contributed by atoms with Crippen LogP contribution in [0.2, 0.25) is 0 Å². The van der Waals surface area contributed by atoms with E-state index in [4.69, 9.17) is 16.2 Å². The van der Waals surface area contributed by atoms with Gasteiger partial charge < -0.3 is 26.1 Å². The first kappa shape index (κ1) is 21.7. The Morgan fingerprint density at radius 3 is 2.67 bits per heavy atom. The fraction of sp³-hybridized carbons (Fsp3) is 0.480. The van der Waals surface area contributed by atoms with Gasteiger partial charge >= 0.3 is 0 Å². The van der Waals surface area contributed by atoms with Crippen LogP contribution in [0.5, 0.6) is 5.75 Å². The highest BCUT2D eigenvalue weighted by atomic mass is 16.5. The van der Waals surface area contributed by atoms with Crippen molar-refractivity contribution in [3.05, 3.63) is 47.8 Å². The normalized spacial score (nSPS) is 21.2. The molecule has 2 heterocycles. The topological polar surface area (TPSA) is 119 Å². The summed E-state index contributed by atoms with van der Waals surface area (Å²) >= 11 is 0. The van der Waals surface area contributed by atoms with Gasteiger partial charge in [-0.2, -0.15) is 0 Å². The molecule has 33 heavy (non-hydrogen) atoms. The van der Waals surface area contributed by atoms with Gasteiger partial charge in [0, 0.05) is 30.4 Å². The number of ether oxygens (including phenoxy) is 1. The maximum absolute atomic E-state index is 6.64. The summed E-state index contributed by atoms with van der Waals surface area (Å²) in [6.45, 7) is 5.09. The molecular weight excluding hydrogens is 414 g/mol. The first-order valence-electron chi connectivity index (χ1n) is 11.7. The summed E-state index contributed by atoms with van der Waals surface area (Å²) in [5.41, 5.74) is 18.6. The average molecular weight is 448 g/mol. The number of imidazole rings is 1. The Bertz CT molecular complexity index is 1130. The molecule has 174 valence electrons. The molecule has 8 heteroatoms. The minimum absolute atomic E-state index is 0.183. The highest BCUT2D eigenvalue weighted by Gasteiger charge is 2.37. The number of H-pyrrole nitrogens is 1. The molecule has 0 amide bonds. The van der Waals surface area contributed by atoms with Crippen LogP contribution in [0.25, 0.3) is 11.3 Å². The summed E-state index contributed by atoms with van der Waals surface area (Å²) < 4.78 is 6.64. The van der Waals surface area contributed by atoms with Crippen LogP contribution < -0.4 is 21.1 Å². The van der Waals surface area contributed by atoms with Gasteiger partial charge in [-0.25, -0.2) is 15.0 Å². The molecule has 0 unspecified atom stereocenters. The molecule has 0 aliphatic heterocycles. The van der Waals surface area contributed by atoms with E-state index in [1.165, 1.54) is 5.56 Å².